The number of hydrogen-bond acceptors (Lipinski definition) is 2. The van der Waals surface area contributed by atoms with Crippen LogP contribution in [-0.2, 0) is 17.8 Å². The average molecular weight is 282 g/mol. The largest absolute Gasteiger partial charge is 0.396 e. The molecule has 0 saturated heterocycles. The Balaban J connectivity index is 1.71. The van der Waals surface area contributed by atoms with Gasteiger partial charge in [-0.25, -0.2) is 0 Å². The first kappa shape index (κ1) is 15.5. The van der Waals surface area contributed by atoms with E-state index in [1.54, 1.807) is 0 Å². The molecule has 0 aliphatic carbocycles. The molecule has 0 heterocycles. The van der Waals surface area contributed by atoms with Crippen LogP contribution in [0.1, 0.15) is 11.1 Å². The minimum absolute atomic E-state index is 0.146. The quantitative estimate of drug-likeness (QED) is 0.592. The monoisotopic (exact) mass is 282 g/mol. The van der Waals surface area contributed by atoms with Crippen LogP contribution in [0.2, 0.25) is 0 Å². The van der Waals surface area contributed by atoms with Gasteiger partial charge in [-0.15, -0.1) is 0 Å². The second-order valence-corrected chi connectivity index (χ2v) is 5.06. The van der Waals surface area contributed by atoms with Crippen molar-refractivity contribution >= 4 is 0 Å². The highest BCUT2D eigenvalue weighted by molar-refractivity contribution is 5.16. The minimum Gasteiger partial charge on any atom is -0.396 e. The van der Waals surface area contributed by atoms with Gasteiger partial charge >= 0.3 is 0 Å². The van der Waals surface area contributed by atoms with Crippen molar-refractivity contribution in [1.82, 2.24) is 0 Å². The van der Waals surface area contributed by atoms with E-state index in [0.29, 0.717) is 13.2 Å². The highest BCUT2D eigenvalue weighted by atomic mass is 16.5. The van der Waals surface area contributed by atoms with E-state index in [9.17, 15) is 5.11 Å². The summed E-state index contributed by atoms with van der Waals surface area (Å²) in [4.78, 5) is 0. The van der Waals surface area contributed by atoms with Crippen LogP contribution in [0, 0.1) is 5.92 Å². The van der Waals surface area contributed by atoms with Crippen molar-refractivity contribution in [3.8, 4) is 0 Å². The maximum atomic E-state index is 9.43. The van der Waals surface area contributed by atoms with E-state index < -0.39 is 0 Å². The first-order chi connectivity index (χ1) is 10.4. The molecule has 21 heavy (non-hydrogen) atoms. The summed E-state index contributed by atoms with van der Waals surface area (Å²) in [5.74, 6) is 0.146. The van der Waals surface area contributed by atoms with Gasteiger partial charge in [0.15, 0.2) is 0 Å². The summed E-state index contributed by atoms with van der Waals surface area (Å²) in [5.41, 5.74) is 2.42. The normalized spacial score (nSPS) is 12.6. The predicted octanol–water partition coefficient (Wildman–Crippen LogP) is 3.61. The highest BCUT2D eigenvalue weighted by Crippen LogP contribution is 2.09. The Hall–Kier alpha value is -1.90. The number of ether oxygens (including phenoxy) is 1. The van der Waals surface area contributed by atoms with Crippen LogP contribution in [0.5, 0.6) is 0 Å². The topological polar surface area (TPSA) is 29.5 Å². The Labute approximate surface area is 126 Å². The van der Waals surface area contributed by atoms with Crippen molar-refractivity contribution in [1.29, 1.82) is 0 Å². The number of hydrogen-bond donors (Lipinski definition) is 1. The molecule has 0 fully saturated rings. The van der Waals surface area contributed by atoms with E-state index in [0.717, 1.165) is 6.42 Å². The minimum atomic E-state index is 0.146. The zero-order chi connectivity index (χ0) is 14.8. The maximum Gasteiger partial charge on any atom is 0.0721 e. The summed E-state index contributed by atoms with van der Waals surface area (Å²) in [7, 11) is 0. The van der Waals surface area contributed by atoms with Gasteiger partial charge in [0.25, 0.3) is 0 Å². The van der Waals surface area contributed by atoms with Crippen molar-refractivity contribution in [2.75, 3.05) is 13.2 Å². The summed E-state index contributed by atoms with van der Waals surface area (Å²) in [6.07, 6.45) is 4.89. The van der Waals surface area contributed by atoms with Crippen LogP contribution in [0.4, 0.5) is 0 Å². The van der Waals surface area contributed by atoms with E-state index in [1.807, 2.05) is 48.6 Å². The Kier molecular flexibility index (Phi) is 6.72. The Morgan fingerprint density at radius 3 is 2.14 bits per heavy atom. The second kappa shape index (κ2) is 9.11. The molecule has 1 atom stereocenters. The van der Waals surface area contributed by atoms with Crippen molar-refractivity contribution in [3.05, 3.63) is 83.9 Å². The SMILES string of the molecule is OC[C@H](/C=C\COCc1ccccc1)Cc1ccccc1. The molecule has 0 bridgehead atoms. The lowest BCUT2D eigenvalue weighted by atomic mass is 10.00. The third-order valence-corrected chi connectivity index (χ3v) is 3.31. The summed E-state index contributed by atoms with van der Waals surface area (Å²) < 4.78 is 5.60. The van der Waals surface area contributed by atoms with E-state index in [-0.39, 0.29) is 12.5 Å². The number of benzene rings is 2. The van der Waals surface area contributed by atoms with Crippen LogP contribution >= 0.6 is 0 Å². The van der Waals surface area contributed by atoms with Crippen LogP contribution in [0.25, 0.3) is 0 Å². The van der Waals surface area contributed by atoms with E-state index in [2.05, 4.69) is 24.3 Å². The molecule has 0 saturated carbocycles. The van der Waals surface area contributed by atoms with E-state index in [1.165, 1.54) is 11.1 Å². The second-order valence-electron chi connectivity index (χ2n) is 5.06. The molecule has 2 rings (SSSR count). The molecule has 0 radical (unpaired) electrons. The molecule has 2 nitrogen and oxygen atoms in total. The summed E-state index contributed by atoms with van der Waals surface area (Å²) in [6, 6.07) is 20.3. The third kappa shape index (κ3) is 5.94. The van der Waals surface area contributed by atoms with Crippen LogP contribution < -0.4 is 0 Å². The van der Waals surface area contributed by atoms with E-state index in [4.69, 9.17) is 4.74 Å². The van der Waals surface area contributed by atoms with Gasteiger partial charge in [-0.3, -0.25) is 0 Å². The van der Waals surface area contributed by atoms with Gasteiger partial charge in [0.2, 0.25) is 0 Å². The molecule has 2 heteroatoms. The van der Waals surface area contributed by atoms with Gasteiger partial charge in [-0.05, 0) is 17.5 Å². The van der Waals surface area contributed by atoms with Crippen LogP contribution in [-0.4, -0.2) is 18.3 Å². The van der Waals surface area contributed by atoms with Crippen molar-refractivity contribution in [2.45, 2.75) is 13.0 Å². The fourth-order valence-corrected chi connectivity index (χ4v) is 2.18. The van der Waals surface area contributed by atoms with Gasteiger partial charge in [0.05, 0.1) is 13.2 Å². The first-order valence-corrected chi connectivity index (χ1v) is 7.31. The average Bonchev–Trinajstić information content (AvgIpc) is 2.55. The molecule has 2 aromatic rings. The predicted molar refractivity (Wildman–Crippen MR) is 86.0 cm³/mol. The standard InChI is InChI=1S/C19H22O2/c20-15-19(14-17-8-3-1-4-9-17)12-7-13-21-16-18-10-5-2-6-11-18/h1-12,19-20H,13-16H2/b12-7-/t19-/m1/s1. The van der Waals surface area contributed by atoms with Gasteiger partial charge < -0.3 is 9.84 Å². The maximum absolute atomic E-state index is 9.43. The van der Waals surface area contributed by atoms with Crippen LogP contribution in [0.3, 0.4) is 0 Å². The van der Waals surface area contributed by atoms with Crippen molar-refractivity contribution in [2.24, 2.45) is 5.92 Å². The highest BCUT2D eigenvalue weighted by Gasteiger charge is 2.03. The van der Waals surface area contributed by atoms with Gasteiger partial charge in [-0.2, -0.15) is 0 Å². The molecule has 0 unspecified atom stereocenters. The molecular weight excluding hydrogens is 260 g/mol. The Bertz CT molecular complexity index is 520. The molecule has 1 N–H and O–H groups in total. The molecule has 0 aromatic heterocycles. The number of rotatable bonds is 8. The first-order valence-electron chi connectivity index (χ1n) is 7.31. The lowest BCUT2D eigenvalue weighted by molar-refractivity contribution is 0.148. The molecule has 0 spiro atoms. The summed E-state index contributed by atoms with van der Waals surface area (Å²) in [5, 5.41) is 9.43. The molecule has 0 aliphatic rings. The zero-order valence-electron chi connectivity index (χ0n) is 12.2. The lowest BCUT2D eigenvalue weighted by Crippen LogP contribution is -2.06. The fourth-order valence-electron chi connectivity index (χ4n) is 2.18. The van der Waals surface area contributed by atoms with Crippen molar-refractivity contribution < 1.29 is 9.84 Å². The van der Waals surface area contributed by atoms with Gasteiger partial charge in [-0.1, -0.05) is 72.8 Å². The number of aliphatic hydroxyl groups is 1. The molecule has 0 amide bonds. The van der Waals surface area contributed by atoms with Crippen molar-refractivity contribution in [3.63, 3.8) is 0 Å². The number of aliphatic hydroxyl groups excluding tert-OH is 1. The smallest absolute Gasteiger partial charge is 0.0721 e. The summed E-state index contributed by atoms with van der Waals surface area (Å²) >= 11 is 0. The Morgan fingerprint density at radius 1 is 0.905 bits per heavy atom. The molecule has 2 aromatic carbocycles. The molecule has 0 aliphatic heterocycles. The fraction of sp³-hybridized carbons (Fsp3) is 0.263. The third-order valence-electron chi connectivity index (χ3n) is 3.31. The zero-order valence-corrected chi connectivity index (χ0v) is 12.2. The van der Waals surface area contributed by atoms with E-state index >= 15 is 0 Å². The van der Waals surface area contributed by atoms with Crippen LogP contribution in [0.15, 0.2) is 72.8 Å². The molecular formula is C19H22O2. The van der Waals surface area contributed by atoms with Gasteiger partial charge in [0, 0.05) is 12.5 Å². The summed E-state index contributed by atoms with van der Waals surface area (Å²) in [6.45, 7) is 1.35. The molecule has 110 valence electrons. The Morgan fingerprint density at radius 2 is 1.52 bits per heavy atom. The lowest BCUT2D eigenvalue weighted by Gasteiger charge is -2.09. The van der Waals surface area contributed by atoms with Gasteiger partial charge in [0.1, 0.15) is 0 Å².